The molecule has 0 unspecified atom stereocenters. The molecule has 0 aromatic heterocycles. The third-order valence-corrected chi connectivity index (χ3v) is 3.65. The van der Waals surface area contributed by atoms with E-state index in [0.29, 0.717) is 5.75 Å². The summed E-state index contributed by atoms with van der Waals surface area (Å²) >= 11 is 0. The lowest BCUT2D eigenvalue weighted by atomic mass is 9.80. The van der Waals surface area contributed by atoms with Crippen LogP contribution >= 0.6 is 0 Å². The summed E-state index contributed by atoms with van der Waals surface area (Å²) in [7, 11) is 1.44. The highest BCUT2D eigenvalue weighted by molar-refractivity contribution is 5.44. The molecule has 0 bridgehead atoms. The molecule has 2 atom stereocenters. The standard InChI is InChI=1S/C14H19F2NO2/c1-18-13-8-9(6-7-12(13)19-14(15)16)10-4-2-3-5-11(10)17/h6-8,10-11,14H,2-5,17H2,1H3/t10-,11-/m1/s1. The van der Waals surface area contributed by atoms with Crippen molar-refractivity contribution in [2.75, 3.05) is 7.11 Å². The molecule has 2 N–H and O–H groups in total. The molecule has 3 nitrogen and oxygen atoms in total. The summed E-state index contributed by atoms with van der Waals surface area (Å²) in [6.45, 7) is -2.85. The largest absolute Gasteiger partial charge is 0.493 e. The lowest BCUT2D eigenvalue weighted by molar-refractivity contribution is -0.0512. The second-order valence-corrected chi connectivity index (χ2v) is 4.84. The number of benzene rings is 1. The SMILES string of the molecule is COc1cc([C@H]2CCCC[C@H]2N)ccc1OC(F)F. The second kappa shape index (κ2) is 6.19. The van der Waals surface area contributed by atoms with E-state index in [1.165, 1.54) is 13.2 Å². The highest BCUT2D eigenvalue weighted by atomic mass is 19.3. The van der Waals surface area contributed by atoms with E-state index in [4.69, 9.17) is 10.5 Å². The van der Waals surface area contributed by atoms with E-state index in [1.54, 1.807) is 12.1 Å². The van der Waals surface area contributed by atoms with Gasteiger partial charge >= 0.3 is 6.61 Å². The molecule has 5 heteroatoms. The zero-order valence-electron chi connectivity index (χ0n) is 10.9. The van der Waals surface area contributed by atoms with Crippen LogP contribution in [0, 0.1) is 0 Å². The molecule has 0 radical (unpaired) electrons. The van der Waals surface area contributed by atoms with Crippen molar-refractivity contribution in [1.82, 2.24) is 0 Å². The third-order valence-electron chi connectivity index (χ3n) is 3.65. The van der Waals surface area contributed by atoms with Gasteiger partial charge in [0.05, 0.1) is 7.11 Å². The third kappa shape index (κ3) is 3.35. The fourth-order valence-corrected chi connectivity index (χ4v) is 2.68. The van der Waals surface area contributed by atoms with E-state index in [9.17, 15) is 8.78 Å². The number of halogens is 2. The highest BCUT2D eigenvalue weighted by Gasteiger charge is 2.24. The molecule has 1 aromatic carbocycles. The van der Waals surface area contributed by atoms with Crippen molar-refractivity contribution < 1.29 is 18.3 Å². The van der Waals surface area contributed by atoms with Crippen molar-refractivity contribution >= 4 is 0 Å². The average molecular weight is 271 g/mol. The van der Waals surface area contributed by atoms with Crippen molar-refractivity contribution in [2.24, 2.45) is 5.73 Å². The summed E-state index contributed by atoms with van der Waals surface area (Å²) in [6, 6.07) is 5.21. The predicted octanol–water partition coefficient (Wildman–Crippen LogP) is 3.28. The van der Waals surface area contributed by atoms with Crippen molar-refractivity contribution in [3.8, 4) is 11.5 Å². The van der Waals surface area contributed by atoms with Gasteiger partial charge in [-0.05, 0) is 36.5 Å². The quantitative estimate of drug-likeness (QED) is 0.914. The van der Waals surface area contributed by atoms with Crippen LogP contribution in [-0.2, 0) is 0 Å². The Kier molecular flexibility index (Phi) is 4.58. The Bertz CT molecular complexity index is 426. The first kappa shape index (κ1) is 14.1. The molecule has 19 heavy (non-hydrogen) atoms. The Hall–Kier alpha value is -1.36. The van der Waals surface area contributed by atoms with Gasteiger partial charge in [0.15, 0.2) is 11.5 Å². The van der Waals surface area contributed by atoms with Gasteiger partial charge in [0.2, 0.25) is 0 Å². The maximum atomic E-state index is 12.3. The second-order valence-electron chi connectivity index (χ2n) is 4.84. The summed E-state index contributed by atoms with van der Waals surface area (Å²) < 4.78 is 34.0. The molecule has 0 spiro atoms. The summed E-state index contributed by atoms with van der Waals surface area (Å²) in [6.07, 6.45) is 4.33. The van der Waals surface area contributed by atoms with Crippen LogP contribution in [0.2, 0.25) is 0 Å². The number of hydrogen-bond acceptors (Lipinski definition) is 3. The zero-order chi connectivity index (χ0) is 13.8. The Labute approximate surface area is 111 Å². The van der Waals surface area contributed by atoms with Gasteiger partial charge in [-0.3, -0.25) is 0 Å². The maximum absolute atomic E-state index is 12.3. The smallest absolute Gasteiger partial charge is 0.387 e. The molecule has 1 aromatic rings. The van der Waals surface area contributed by atoms with E-state index in [2.05, 4.69) is 4.74 Å². The van der Waals surface area contributed by atoms with Crippen molar-refractivity contribution in [1.29, 1.82) is 0 Å². The summed E-state index contributed by atoms with van der Waals surface area (Å²) in [5, 5.41) is 0. The first-order valence-electron chi connectivity index (χ1n) is 6.50. The fourth-order valence-electron chi connectivity index (χ4n) is 2.68. The first-order chi connectivity index (χ1) is 9.11. The molecular formula is C14H19F2NO2. The molecule has 0 aliphatic heterocycles. The van der Waals surface area contributed by atoms with Crippen LogP contribution in [0.25, 0.3) is 0 Å². The zero-order valence-corrected chi connectivity index (χ0v) is 10.9. The molecule has 0 amide bonds. The van der Waals surface area contributed by atoms with Crippen molar-refractivity contribution in [3.05, 3.63) is 23.8 Å². The van der Waals surface area contributed by atoms with Gasteiger partial charge < -0.3 is 15.2 Å². The fraction of sp³-hybridized carbons (Fsp3) is 0.571. The molecule has 106 valence electrons. The topological polar surface area (TPSA) is 44.5 Å². The van der Waals surface area contributed by atoms with Crippen LogP contribution in [-0.4, -0.2) is 19.8 Å². The van der Waals surface area contributed by atoms with Crippen molar-refractivity contribution in [2.45, 2.75) is 44.3 Å². The predicted molar refractivity (Wildman–Crippen MR) is 68.8 cm³/mol. The number of methoxy groups -OCH3 is 1. The molecule has 0 heterocycles. The molecule has 1 aliphatic rings. The number of ether oxygens (including phenoxy) is 2. The van der Waals surface area contributed by atoms with Gasteiger partial charge in [-0.1, -0.05) is 18.9 Å². The van der Waals surface area contributed by atoms with Gasteiger partial charge in [0, 0.05) is 6.04 Å². The normalized spacial score (nSPS) is 23.4. The Morgan fingerprint density at radius 1 is 1.21 bits per heavy atom. The highest BCUT2D eigenvalue weighted by Crippen LogP contribution is 2.37. The van der Waals surface area contributed by atoms with Crippen LogP contribution in [0.1, 0.15) is 37.2 Å². The number of hydrogen-bond donors (Lipinski definition) is 1. The minimum atomic E-state index is -2.85. The monoisotopic (exact) mass is 271 g/mol. The van der Waals surface area contributed by atoms with Gasteiger partial charge in [-0.15, -0.1) is 0 Å². The first-order valence-corrected chi connectivity index (χ1v) is 6.50. The van der Waals surface area contributed by atoms with E-state index in [1.807, 2.05) is 0 Å². The Balaban J connectivity index is 2.22. The summed E-state index contributed by atoms with van der Waals surface area (Å²) in [5.41, 5.74) is 7.16. The maximum Gasteiger partial charge on any atom is 0.387 e. The van der Waals surface area contributed by atoms with Crippen molar-refractivity contribution in [3.63, 3.8) is 0 Å². The molecule has 1 saturated carbocycles. The Morgan fingerprint density at radius 2 is 1.95 bits per heavy atom. The van der Waals surface area contributed by atoms with E-state index >= 15 is 0 Å². The average Bonchev–Trinajstić information content (AvgIpc) is 2.39. The Morgan fingerprint density at radius 3 is 2.58 bits per heavy atom. The van der Waals surface area contributed by atoms with Crippen LogP contribution in [0.4, 0.5) is 8.78 Å². The van der Waals surface area contributed by atoms with Crippen LogP contribution in [0.15, 0.2) is 18.2 Å². The molecular weight excluding hydrogens is 252 g/mol. The number of nitrogens with two attached hydrogens (primary N) is 1. The lowest BCUT2D eigenvalue weighted by Gasteiger charge is -2.29. The van der Waals surface area contributed by atoms with Crippen LogP contribution < -0.4 is 15.2 Å². The molecule has 2 rings (SSSR count). The molecule has 1 aliphatic carbocycles. The van der Waals surface area contributed by atoms with Crippen LogP contribution in [0.3, 0.4) is 0 Å². The summed E-state index contributed by atoms with van der Waals surface area (Å²) in [5.74, 6) is 0.657. The molecule has 0 saturated heterocycles. The van der Waals surface area contributed by atoms with Gasteiger partial charge in [-0.2, -0.15) is 8.78 Å². The van der Waals surface area contributed by atoms with Gasteiger partial charge in [-0.25, -0.2) is 0 Å². The number of rotatable bonds is 4. The lowest BCUT2D eigenvalue weighted by Crippen LogP contribution is -2.31. The van der Waals surface area contributed by atoms with E-state index in [0.717, 1.165) is 31.2 Å². The minimum Gasteiger partial charge on any atom is -0.493 e. The summed E-state index contributed by atoms with van der Waals surface area (Å²) in [4.78, 5) is 0. The van der Waals surface area contributed by atoms with Gasteiger partial charge in [0.25, 0.3) is 0 Å². The molecule has 1 fully saturated rings. The van der Waals surface area contributed by atoms with Gasteiger partial charge in [0.1, 0.15) is 0 Å². The minimum absolute atomic E-state index is 0.0608. The van der Waals surface area contributed by atoms with E-state index < -0.39 is 6.61 Å². The van der Waals surface area contributed by atoms with E-state index in [-0.39, 0.29) is 17.7 Å². The van der Waals surface area contributed by atoms with Crippen LogP contribution in [0.5, 0.6) is 11.5 Å². The number of alkyl halides is 2.